The number of rotatable bonds is 3. The molecular formula is C21H21N3O4S. The number of aryl methyl sites for hydroxylation is 1. The summed E-state index contributed by atoms with van der Waals surface area (Å²) in [6.45, 7) is 4.15. The molecule has 1 aromatic carbocycles. The molecule has 0 bridgehead atoms. The summed E-state index contributed by atoms with van der Waals surface area (Å²) in [5.41, 5.74) is 1.20. The van der Waals surface area contributed by atoms with Crippen LogP contribution in [0, 0.1) is 6.92 Å². The first-order valence-corrected chi connectivity index (χ1v) is 10.1. The van der Waals surface area contributed by atoms with Crippen LogP contribution < -0.4 is 0 Å². The van der Waals surface area contributed by atoms with Crippen LogP contribution in [0.25, 0.3) is 6.08 Å². The van der Waals surface area contributed by atoms with E-state index in [0.29, 0.717) is 53.4 Å². The molecule has 7 nitrogen and oxygen atoms in total. The van der Waals surface area contributed by atoms with Gasteiger partial charge in [0.1, 0.15) is 11.5 Å². The number of amides is 2. The van der Waals surface area contributed by atoms with Gasteiger partial charge in [-0.1, -0.05) is 6.07 Å². The third kappa shape index (κ3) is 4.28. The van der Waals surface area contributed by atoms with Gasteiger partial charge in [-0.15, -0.1) is 0 Å². The van der Waals surface area contributed by atoms with Crippen molar-refractivity contribution >= 4 is 40.5 Å². The van der Waals surface area contributed by atoms with E-state index in [1.807, 2.05) is 25.1 Å². The van der Waals surface area contributed by atoms with E-state index in [9.17, 15) is 9.59 Å². The number of carbonyl (C=O) groups excluding carboxylic acids is 2. The fourth-order valence-electron chi connectivity index (χ4n) is 3.08. The Hall–Kier alpha value is -2.84. The number of hydrogen-bond donors (Lipinski definition) is 0. The van der Waals surface area contributed by atoms with Gasteiger partial charge in [0.05, 0.1) is 23.8 Å². The molecule has 2 aliphatic heterocycles. The minimum atomic E-state index is -0.136. The molecule has 0 radical (unpaired) electrons. The van der Waals surface area contributed by atoms with Crippen LogP contribution in [0.4, 0.5) is 5.69 Å². The van der Waals surface area contributed by atoms with Crippen LogP contribution >= 0.6 is 11.8 Å². The van der Waals surface area contributed by atoms with E-state index >= 15 is 0 Å². The summed E-state index contributed by atoms with van der Waals surface area (Å²) in [4.78, 5) is 33.7. The highest BCUT2D eigenvalue weighted by atomic mass is 32.2. The van der Waals surface area contributed by atoms with E-state index < -0.39 is 0 Å². The highest BCUT2D eigenvalue weighted by molar-refractivity contribution is 8.18. The maximum Gasteiger partial charge on any atom is 0.266 e. The zero-order valence-corrected chi connectivity index (χ0v) is 17.1. The van der Waals surface area contributed by atoms with E-state index in [0.717, 1.165) is 5.76 Å². The van der Waals surface area contributed by atoms with Gasteiger partial charge in [0.2, 0.25) is 0 Å². The Labute approximate surface area is 173 Å². The zero-order valence-electron chi connectivity index (χ0n) is 16.3. The maximum absolute atomic E-state index is 12.7. The Bertz CT molecular complexity index is 1000. The van der Waals surface area contributed by atoms with Crippen LogP contribution in [0.3, 0.4) is 0 Å². The lowest BCUT2D eigenvalue weighted by Gasteiger charge is -2.26. The number of ether oxygens (including phenoxy) is 1. The van der Waals surface area contributed by atoms with E-state index in [-0.39, 0.29) is 11.8 Å². The van der Waals surface area contributed by atoms with E-state index in [1.165, 1.54) is 16.7 Å². The highest BCUT2D eigenvalue weighted by Gasteiger charge is 2.30. The van der Waals surface area contributed by atoms with Crippen molar-refractivity contribution in [3.63, 3.8) is 0 Å². The van der Waals surface area contributed by atoms with Gasteiger partial charge in [0.15, 0.2) is 5.17 Å². The number of carbonyl (C=O) groups is 2. The second-order valence-electron chi connectivity index (χ2n) is 6.77. The second-order valence-corrected chi connectivity index (χ2v) is 7.78. The number of aliphatic imine (C=N–C) groups is 1. The van der Waals surface area contributed by atoms with Crippen molar-refractivity contribution in [1.82, 2.24) is 9.80 Å². The number of amidine groups is 1. The molecule has 4 rings (SSSR count). The molecule has 0 N–H and O–H groups in total. The Balaban J connectivity index is 1.55. The average molecular weight is 411 g/mol. The number of hydrogen-bond acceptors (Lipinski definition) is 6. The third-order valence-electron chi connectivity index (χ3n) is 4.65. The number of nitrogens with zero attached hydrogens (tertiary/aromatic N) is 3. The molecule has 0 atom stereocenters. The first-order chi connectivity index (χ1) is 14.0. The lowest BCUT2D eigenvalue weighted by molar-refractivity contribution is -0.121. The fraction of sp³-hybridized carbons (Fsp3) is 0.286. The lowest BCUT2D eigenvalue weighted by atomic mass is 10.1. The average Bonchev–Trinajstić information content (AvgIpc) is 3.26. The smallest absolute Gasteiger partial charge is 0.266 e. The van der Waals surface area contributed by atoms with Crippen molar-refractivity contribution in [3.05, 3.63) is 58.4 Å². The topological polar surface area (TPSA) is 75.4 Å². The molecule has 3 heterocycles. The molecule has 0 unspecified atom stereocenters. The van der Waals surface area contributed by atoms with Crippen LogP contribution in [-0.4, -0.2) is 60.1 Å². The SMILES string of the molecule is Cc1ccc(/C=C2/SC(=Nc3cccc(C(=O)N4CCOCC4)c3)N(C)C2=O)o1. The van der Waals surface area contributed by atoms with E-state index in [4.69, 9.17) is 9.15 Å². The van der Waals surface area contributed by atoms with Crippen molar-refractivity contribution in [1.29, 1.82) is 0 Å². The normalized spacial score (nSPS) is 20.1. The second kappa shape index (κ2) is 8.26. The van der Waals surface area contributed by atoms with Crippen LogP contribution in [0.2, 0.25) is 0 Å². The Morgan fingerprint density at radius 1 is 1.21 bits per heavy atom. The Morgan fingerprint density at radius 3 is 2.72 bits per heavy atom. The van der Waals surface area contributed by atoms with Crippen molar-refractivity contribution in [2.45, 2.75) is 6.92 Å². The molecule has 0 saturated carbocycles. The number of benzene rings is 1. The number of morpholine rings is 1. The summed E-state index contributed by atoms with van der Waals surface area (Å²) >= 11 is 1.28. The highest BCUT2D eigenvalue weighted by Crippen LogP contribution is 2.33. The molecule has 0 aliphatic carbocycles. The van der Waals surface area contributed by atoms with Gasteiger partial charge < -0.3 is 14.1 Å². The number of likely N-dealkylation sites (N-methyl/N-ethyl adjacent to an activating group) is 1. The molecule has 0 spiro atoms. The molecule has 1 aromatic heterocycles. The van der Waals surface area contributed by atoms with Crippen LogP contribution in [-0.2, 0) is 9.53 Å². The fourth-order valence-corrected chi connectivity index (χ4v) is 4.05. The monoisotopic (exact) mass is 411 g/mol. The molecule has 2 saturated heterocycles. The van der Waals surface area contributed by atoms with Gasteiger partial charge in [-0.3, -0.25) is 14.5 Å². The standard InChI is InChI=1S/C21H21N3O4S/c1-14-6-7-17(28-14)13-18-20(26)23(2)21(29-18)22-16-5-3-4-15(12-16)19(25)24-8-10-27-11-9-24/h3-7,12-13H,8-11H2,1-2H3/b18-13+,22-21?. The van der Waals surface area contributed by atoms with Crippen molar-refractivity contribution in [2.75, 3.05) is 33.4 Å². The van der Waals surface area contributed by atoms with Crippen LogP contribution in [0.1, 0.15) is 21.9 Å². The molecule has 2 fully saturated rings. The summed E-state index contributed by atoms with van der Waals surface area (Å²) in [6.07, 6.45) is 1.72. The molecule has 2 aliphatic rings. The summed E-state index contributed by atoms with van der Waals surface area (Å²) < 4.78 is 10.8. The van der Waals surface area contributed by atoms with Gasteiger partial charge in [0.25, 0.3) is 11.8 Å². The quantitative estimate of drug-likeness (QED) is 0.725. The summed E-state index contributed by atoms with van der Waals surface area (Å²) in [7, 11) is 1.69. The van der Waals surface area contributed by atoms with Gasteiger partial charge in [-0.2, -0.15) is 0 Å². The number of furan rings is 1. The van der Waals surface area contributed by atoms with Gasteiger partial charge in [-0.05, 0) is 49.0 Å². The van der Waals surface area contributed by atoms with Gasteiger partial charge >= 0.3 is 0 Å². The van der Waals surface area contributed by atoms with Gasteiger partial charge in [0, 0.05) is 31.8 Å². The van der Waals surface area contributed by atoms with Crippen molar-refractivity contribution < 1.29 is 18.7 Å². The van der Waals surface area contributed by atoms with Crippen LogP contribution in [0.15, 0.2) is 50.7 Å². The predicted molar refractivity (Wildman–Crippen MR) is 112 cm³/mol. The molecule has 2 amide bonds. The van der Waals surface area contributed by atoms with Crippen molar-refractivity contribution in [2.24, 2.45) is 4.99 Å². The predicted octanol–water partition coefficient (Wildman–Crippen LogP) is 3.29. The largest absolute Gasteiger partial charge is 0.462 e. The summed E-state index contributed by atoms with van der Waals surface area (Å²) in [6, 6.07) is 10.8. The first kappa shape index (κ1) is 19.5. The molecule has 29 heavy (non-hydrogen) atoms. The zero-order chi connectivity index (χ0) is 20.4. The Morgan fingerprint density at radius 2 is 2.00 bits per heavy atom. The lowest BCUT2D eigenvalue weighted by Crippen LogP contribution is -2.40. The summed E-state index contributed by atoms with van der Waals surface area (Å²) in [5.74, 6) is 1.25. The number of thioether (sulfide) groups is 1. The molecule has 8 heteroatoms. The molecular weight excluding hydrogens is 390 g/mol. The van der Waals surface area contributed by atoms with Gasteiger partial charge in [-0.25, -0.2) is 4.99 Å². The maximum atomic E-state index is 12.7. The van der Waals surface area contributed by atoms with E-state index in [2.05, 4.69) is 4.99 Å². The molecule has 2 aromatic rings. The van der Waals surface area contributed by atoms with Crippen molar-refractivity contribution in [3.8, 4) is 0 Å². The Kier molecular flexibility index (Phi) is 5.55. The van der Waals surface area contributed by atoms with Crippen LogP contribution in [0.5, 0.6) is 0 Å². The third-order valence-corrected chi connectivity index (χ3v) is 5.71. The summed E-state index contributed by atoms with van der Waals surface area (Å²) in [5, 5.41) is 0.556. The molecule has 150 valence electrons. The minimum absolute atomic E-state index is 0.0346. The minimum Gasteiger partial charge on any atom is -0.462 e. The van der Waals surface area contributed by atoms with E-state index in [1.54, 1.807) is 36.2 Å². The first-order valence-electron chi connectivity index (χ1n) is 9.31.